The van der Waals surface area contributed by atoms with Crippen molar-refractivity contribution < 1.29 is 9.50 Å². The number of hydrogen-bond donors (Lipinski definition) is 2. The van der Waals surface area contributed by atoms with Gasteiger partial charge in [-0.3, -0.25) is 0 Å². The molecule has 3 heteroatoms. The highest BCUT2D eigenvalue weighted by atomic mass is 19.1. The summed E-state index contributed by atoms with van der Waals surface area (Å²) in [6, 6.07) is 6.80. The normalized spacial score (nSPS) is 12.7. The predicted molar refractivity (Wildman–Crippen MR) is 59.0 cm³/mol. The average Bonchev–Trinajstić information content (AvgIpc) is 2.26. The van der Waals surface area contributed by atoms with Crippen LogP contribution in [-0.2, 0) is 6.54 Å². The Balaban J connectivity index is 2.38. The van der Waals surface area contributed by atoms with Gasteiger partial charge in [0.2, 0.25) is 0 Å². The van der Waals surface area contributed by atoms with Crippen LogP contribution in [0, 0.1) is 5.82 Å². The van der Waals surface area contributed by atoms with Crippen molar-refractivity contribution in [2.24, 2.45) is 0 Å². The van der Waals surface area contributed by atoms with Crippen LogP contribution in [0.3, 0.4) is 0 Å². The highest BCUT2D eigenvalue weighted by molar-refractivity contribution is 5.15. The topological polar surface area (TPSA) is 32.3 Å². The third-order valence-electron chi connectivity index (χ3n) is 2.48. The van der Waals surface area contributed by atoms with E-state index in [-0.39, 0.29) is 12.4 Å². The Kier molecular flexibility index (Phi) is 5.29. The van der Waals surface area contributed by atoms with Crippen LogP contribution in [0.15, 0.2) is 24.3 Å². The lowest BCUT2D eigenvalue weighted by Gasteiger charge is -2.15. The van der Waals surface area contributed by atoms with Gasteiger partial charge in [-0.2, -0.15) is 0 Å². The van der Waals surface area contributed by atoms with Crippen molar-refractivity contribution in [2.75, 3.05) is 6.61 Å². The van der Waals surface area contributed by atoms with E-state index in [1.807, 2.05) is 0 Å². The lowest BCUT2D eigenvalue weighted by molar-refractivity contribution is 0.262. The summed E-state index contributed by atoms with van der Waals surface area (Å²) in [5.41, 5.74) is 1.06. The highest BCUT2D eigenvalue weighted by Crippen LogP contribution is 2.04. The SMILES string of the molecule is CCC(CCO)NCc1ccc(F)cc1. The zero-order valence-corrected chi connectivity index (χ0v) is 9.04. The van der Waals surface area contributed by atoms with Crippen LogP contribution >= 0.6 is 0 Å². The van der Waals surface area contributed by atoms with Crippen molar-refractivity contribution in [3.63, 3.8) is 0 Å². The van der Waals surface area contributed by atoms with Crippen LogP contribution < -0.4 is 5.32 Å². The number of benzene rings is 1. The van der Waals surface area contributed by atoms with Crippen molar-refractivity contribution in [1.29, 1.82) is 0 Å². The minimum Gasteiger partial charge on any atom is -0.396 e. The number of hydrogen-bond acceptors (Lipinski definition) is 2. The van der Waals surface area contributed by atoms with E-state index in [0.29, 0.717) is 6.04 Å². The van der Waals surface area contributed by atoms with Gasteiger partial charge >= 0.3 is 0 Å². The zero-order valence-electron chi connectivity index (χ0n) is 9.04. The van der Waals surface area contributed by atoms with Gasteiger partial charge in [0.25, 0.3) is 0 Å². The molecule has 1 unspecified atom stereocenters. The van der Waals surface area contributed by atoms with Crippen molar-refractivity contribution in [3.8, 4) is 0 Å². The van der Waals surface area contributed by atoms with E-state index in [1.165, 1.54) is 12.1 Å². The molecule has 0 heterocycles. The smallest absolute Gasteiger partial charge is 0.123 e. The Hall–Kier alpha value is -0.930. The highest BCUT2D eigenvalue weighted by Gasteiger charge is 2.04. The van der Waals surface area contributed by atoms with Crippen molar-refractivity contribution in [3.05, 3.63) is 35.6 Å². The molecule has 1 atom stereocenters. The first kappa shape index (κ1) is 12.1. The number of aliphatic hydroxyl groups is 1. The van der Waals surface area contributed by atoms with E-state index >= 15 is 0 Å². The Morgan fingerprint density at radius 2 is 2.00 bits per heavy atom. The second-order valence-corrected chi connectivity index (χ2v) is 3.62. The molecule has 2 nitrogen and oxygen atoms in total. The number of halogens is 1. The Bertz CT molecular complexity index is 273. The van der Waals surface area contributed by atoms with Gasteiger partial charge < -0.3 is 10.4 Å². The molecule has 2 N–H and O–H groups in total. The van der Waals surface area contributed by atoms with Crippen LogP contribution in [0.2, 0.25) is 0 Å². The fourth-order valence-electron chi connectivity index (χ4n) is 1.47. The molecule has 1 aromatic rings. The summed E-state index contributed by atoms with van der Waals surface area (Å²) in [6.45, 7) is 3.01. The van der Waals surface area contributed by atoms with Crippen molar-refractivity contribution >= 4 is 0 Å². The van der Waals surface area contributed by atoms with Crippen molar-refractivity contribution in [2.45, 2.75) is 32.4 Å². The molecule has 0 bridgehead atoms. The summed E-state index contributed by atoms with van der Waals surface area (Å²) in [5, 5.41) is 12.1. The second-order valence-electron chi connectivity index (χ2n) is 3.62. The molecule has 0 saturated heterocycles. The van der Waals surface area contributed by atoms with Crippen LogP contribution in [0.5, 0.6) is 0 Å². The van der Waals surface area contributed by atoms with Crippen LogP contribution in [0.1, 0.15) is 25.3 Å². The Morgan fingerprint density at radius 3 is 2.53 bits per heavy atom. The minimum atomic E-state index is -0.207. The summed E-state index contributed by atoms with van der Waals surface area (Å²) in [7, 11) is 0. The summed E-state index contributed by atoms with van der Waals surface area (Å²) >= 11 is 0. The molecule has 0 aliphatic heterocycles. The van der Waals surface area contributed by atoms with E-state index in [4.69, 9.17) is 5.11 Å². The van der Waals surface area contributed by atoms with Gasteiger partial charge in [-0.15, -0.1) is 0 Å². The lowest BCUT2D eigenvalue weighted by atomic mass is 10.1. The van der Waals surface area contributed by atoms with Gasteiger partial charge in [0.1, 0.15) is 5.82 Å². The molecule has 0 saturated carbocycles. The molecular formula is C12H18FNO. The summed E-state index contributed by atoms with van der Waals surface area (Å²) < 4.78 is 12.6. The fraction of sp³-hybridized carbons (Fsp3) is 0.500. The quantitative estimate of drug-likeness (QED) is 0.755. The van der Waals surface area contributed by atoms with E-state index in [9.17, 15) is 4.39 Å². The monoisotopic (exact) mass is 211 g/mol. The van der Waals surface area contributed by atoms with Gasteiger partial charge in [0, 0.05) is 19.2 Å². The lowest BCUT2D eigenvalue weighted by Crippen LogP contribution is -2.28. The van der Waals surface area contributed by atoms with Gasteiger partial charge in [0.05, 0.1) is 0 Å². The molecule has 1 rings (SSSR count). The van der Waals surface area contributed by atoms with E-state index in [2.05, 4.69) is 12.2 Å². The first-order chi connectivity index (χ1) is 7.26. The molecule has 84 valence electrons. The maximum atomic E-state index is 12.6. The molecule has 0 radical (unpaired) electrons. The standard InChI is InChI=1S/C12H18FNO/c1-2-12(7-8-15)14-9-10-3-5-11(13)6-4-10/h3-6,12,14-15H,2,7-9H2,1H3. The maximum absolute atomic E-state index is 12.6. The van der Waals surface area contributed by atoms with Crippen molar-refractivity contribution in [1.82, 2.24) is 5.32 Å². The number of nitrogens with one attached hydrogen (secondary N) is 1. The molecule has 0 aliphatic carbocycles. The largest absolute Gasteiger partial charge is 0.396 e. The van der Waals surface area contributed by atoms with Gasteiger partial charge in [-0.1, -0.05) is 19.1 Å². The third kappa shape index (κ3) is 4.40. The molecular weight excluding hydrogens is 193 g/mol. The van der Waals surface area contributed by atoms with E-state index in [1.54, 1.807) is 12.1 Å². The molecule has 0 amide bonds. The van der Waals surface area contributed by atoms with Crippen LogP contribution in [-0.4, -0.2) is 17.8 Å². The average molecular weight is 211 g/mol. The first-order valence-electron chi connectivity index (χ1n) is 5.35. The molecule has 15 heavy (non-hydrogen) atoms. The van der Waals surface area contributed by atoms with Gasteiger partial charge in [0.15, 0.2) is 0 Å². The van der Waals surface area contributed by atoms with Crippen LogP contribution in [0.4, 0.5) is 4.39 Å². The van der Waals surface area contributed by atoms with E-state index in [0.717, 1.165) is 24.9 Å². The molecule has 0 aliphatic rings. The molecule has 0 aromatic heterocycles. The van der Waals surface area contributed by atoms with Gasteiger partial charge in [-0.25, -0.2) is 4.39 Å². The fourth-order valence-corrected chi connectivity index (χ4v) is 1.47. The minimum absolute atomic E-state index is 0.203. The maximum Gasteiger partial charge on any atom is 0.123 e. The van der Waals surface area contributed by atoms with Gasteiger partial charge in [-0.05, 0) is 30.5 Å². The molecule has 1 aromatic carbocycles. The Labute approximate surface area is 90.1 Å². The second kappa shape index (κ2) is 6.53. The predicted octanol–water partition coefficient (Wildman–Crippen LogP) is 2.08. The zero-order chi connectivity index (χ0) is 11.1. The van der Waals surface area contributed by atoms with Crippen LogP contribution in [0.25, 0.3) is 0 Å². The number of rotatable bonds is 6. The number of aliphatic hydroxyl groups excluding tert-OH is 1. The summed E-state index contributed by atoms with van der Waals surface area (Å²) in [6.07, 6.45) is 1.75. The summed E-state index contributed by atoms with van der Waals surface area (Å²) in [5.74, 6) is -0.207. The molecule has 0 fully saturated rings. The first-order valence-corrected chi connectivity index (χ1v) is 5.35. The van der Waals surface area contributed by atoms with E-state index < -0.39 is 0 Å². The summed E-state index contributed by atoms with van der Waals surface area (Å²) in [4.78, 5) is 0. The third-order valence-corrected chi connectivity index (χ3v) is 2.48. The molecule has 0 spiro atoms. The Morgan fingerprint density at radius 1 is 1.33 bits per heavy atom.